The number of aryl methyl sites for hydroxylation is 2. The second-order valence-corrected chi connectivity index (χ2v) is 5.63. The van der Waals surface area contributed by atoms with Gasteiger partial charge in [-0.3, -0.25) is 4.79 Å². The molecule has 0 radical (unpaired) electrons. The molecule has 20 heavy (non-hydrogen) atoms. The molecule has 0 unspecified atom stereocenters. The fourth-order valence-corrected chi connectivity index (χ4v) is 2.74. The molecule has 106 valence electrons. The predicted molar refractivity (Wildman–Crippen MR) is 78.9 cm³/mol. The minimum absolute atomic E-state index is 0.00732. The van der Waals surface area contributed by atoms with Crippen LogP contribution in [-0.2, 0) is 0 Å². The average molecular weight is 272 g/mol. The normalized spacial score (nSPS) is 14.8. The van der Waals surface area contributed by atoms with Gasteiger partial charge in [0.1, 0.15) is 5.69 Å². The molecule has 4 nitrogen and oxygen atoms in total. The van der Waals surface area contributed by atoms with Crippen LogP contribution in [0.5, 0.6) is 0 Å². The zero-order valence-electron chi connectivity index (χ0n) is 11.9. The summed E-state index contributed by atoms with van der Waals surface area (Å²) in [5.41, 5.74) is 3.84. The van der Waals surface area contributed by atoms with Crippen molar-refractivity contribution in [2.75, 3.05) is 13.2 Å². The van der Waals surface area contributed by atoms with Crippen LogP contribution in [0.4, 0.5) is 0 Å². The first-order chi connectivity index (χ1) is 9.61. The first-order valence-electron chi connectivity index (χ1n) is 7.12. The summed E-state index contributed by atoms with van der Waals surface area (Å²) in [4.78, 5) is 17.7. The molecule has 0 spiro atoms. The second-order valence-electron chi connectivity index (χ2n) is 5.63. The standard InChI is InChI=1S/C16H20N2O2/c1-10-3-6-14-13(9-10)11(2)15(17-14)16(20)18(7-8-19)12-4-5-12/h3,6,9,12,17,19H,4-5,7-8H2,1-2H3. The number of hydrogen-bond acceptors (Lipinski definition) is 2. The lowest BCUT2D eigenvalue weighted by molar-refractivity contribution is 0.0702. The Bertz CT molecular complexity index is 656. The van der Waals surface area contributed by atoms with Gasteiger partial charge < -0.3 is 15.0 Å². The third-order valence-electron chi connectivity index (χ3n) is 4.02. The van der Waals surface area contributed by atoms with Crippen molar-refractivity contribution < 1.29 is 9.90 Å². The van der Waals surface area contributed by atoms with Gasteiger partial charge in [0.05, 0.1) is 6.61 Å². The number of carbonyl (C=O) groups excluding carboxylic acids is 1. The van der Waals surface area contributed by atoms with Crippen LogP contribution in [-0.4, -0.2) is 40.1 Å². The van der Waals surface area contributed by atoms with Crippen molar-refractivity contribution >= 4 is 16.8 Å². The van der Waals surface area contributed by atoms with Crippen LogP contribution in [0.25, 0.3) is 10.9 Å². The van der Waals surface area contributed by atoms with E-state index in [1.165, 1.54) is 5.56 Å². The van der Waals surface area contributed by atoms with E-state index >= 15 is 0 Å². The van der Waals surface area contributed by atoms with Gasteiger partial charge in [0.15, 0.2) is 0 Å². The summed E-state index contributed by atoms with van der Waals surface area (Å²) in [6, 6.07) is 6.47. The maximum Gasteiger partial charge on any atom is 0.270 e. The molecule has 4 heteroatoms. The molecule has 1 fully saturated rings. The van der Waals surface area contributed by atoms with E-state index in [0.29, 0.717) is 18.3 Å². The quantitative estimate of drug-likeness (QED) is 0.898. The van der Waals surface area contributed by atoms with Gasteiger partial charge in [-0.1, -0.05) is 11.6 Å². The Labute approximate surface area is 118 Å². The fourth-order valence-electron chi connectivity index (χ4n) is 2.74. The van der Waals surface area contributed by atoms with Gasteiger partial charge in [0.25, 0.3) is 5.91 Å². The third-order valence-corrected chi connectivity index (χ3v) is 4.02. The number of aliphatic hydroxyl groups is 1. The lowest BCUT2D eigenvalue weighted by Crippen LogP contribution is -2.36. The SMILES string of the molecule is Cc1ccc2[nH]c(C(=O)N(CCO)C3CC3)c(C)c2c1. The van der Waals surface area contributed by atoms with Crippen molar-refractivity contribution in [2.45, 2.75) is 32.7 Å². The van der Waals surface area contributed by atoms with Crippen molar-refractivity contribution in [3.63, 3.8) is 0 Å². The molecule has 1 aliphatic rings. The van der Waals surface area contributed by atoms with E-state index < -0.39 is 0 Å². The number of benzene rings is 1. The molecular weight excluding hydrogens is 252 g/mol. The first kappa shape index (κ1) is 13.2. The molecule has 0 saturated heterocycles. The highest BCUT2D eigenvalue weighted by Gasteiger charge is 2.33. The molecule has 1 heterocycles. The maximum absolute atomic E-state index is 12.7. The van der Waals surface area contributed by atoms with Gasteiger partial charge in [-0.05, 0) is 44.4 Å². The highest BCUT2D eigenvalue weighted by atomic mass is 16.3. The number of aromatic nitrogens is 1. The number of aliphatic hydroxyl groups excluding tert-OH is 1. The first-order valence-corrected chi connectivity index (χ1v) is 7.12. The van der Waals surface area contributed by atoms with E-state index in [4.69, 9.17) is 5.11 Å². The number of fused-ring (bicyclic) bond motifs is 1. The van der Waals surface area contributed by atoms with Gasteiger partial charge in [0, 0.05) is 23.5 Å². The Balaban J connectivity index is 2.00. The highest BCUT2D eigenvalue weighted by Crippen LogP contribution is 2.30. The van der Waals surface area contributed by atoms with Crippen LogP contribution in [0.3, 0.4) is 0 Å². The molecule has 1 aromatic carbocycles. The Kier molecular flexibility index (Phi) is 3.26. The second kappa shape index (κ2) is 4.94. The molecule has 2 aromatic rings. The van der Waals surface area contributed by atoms with Crippen LogP contribution < -0.4 is 0 Å². The van der Waals surface area contributed by atoms with Crippen molar-refractivity contribution in [3.05, 3.63) is 35.0 Å². The van der Waals surface area contributed by atoms with E-state index in [1.807, 2.05) is 19.1 Å². The van der Waals surface area contributed by atoms with Crippen molar-refractivity contribution in [2.24, 2.45) is 0 Å². The van der Waals surface area contributed by atoms with Crippen molar-refractivity contribution in [3.8, 4) is 0 Å². The monoisotopic (exact) mass is 272 g/mol. The van der Waals surface area contributed by atoms with Crippen LogP contribution in [0.2, 0.25) is 0 Å². The van der Waals surface area contributed by atoms with E-state index in [9.17, 15) is 4.79 Å². The Morgan fingerprint density at radius 3 is 2.80 bits per heavy atom. The smallest absolute Gasteiger partial charge is 0.270 e. The highest BCUT2D eigenvalue weighted by molar-refractivity contribution is 6.01. The topological polar surface area (TPSA) is 56.3 Å². The van der Waals surface area contributed by atoms with Crippen LogP contribution in [0.1, 0.15) is 34.5 Å². The molecule has 0 aliphatic heterocycles. The number of carbonyl (C=O) groups is 1. The molecule has 1 aromatic heterocycles. The molecule has 1 saturated carbocycles. The lowest BCUT2D eigenvalue weighted by Gasteiger charge is -2.21. The summed E-state index contributed by atoms with van der Waals surface area (Å²) < 4.78 is 0. The van der Waals surface area contributed by atoms with Crippen molar-refractivity contribution in [1.29, 1.82) is 0 Å². The van der Waals surface area contributed by atoms with Crippen LogP contribution in [0.15, 0.2) is 18.2 Å². The summed E-state index contributed by atoms with van der Waals surface area (Å²) in [6.45, 7) is 4.46. The predicted octanol–water partition coefficient (Wildman–Crippen LogP) is 2.38. The summed E-state index contributed by atoms with van der Waals surface area (Å²) in [6.07, 6.45) is 2.09. The molecule has 1 amide bonds. The number of aromatic amines is 1. The summed E-state index contributed by atoms with van der Waals surface area (Å²) in [5.74, 6) is 0.00732. The largest absolute Gasteiger partial charge is 0.395 e. The molecular formula is C16H20N2O2. The van der Waals surface area contributed by atoms with E-state index in [1.54, 1.807) is 4.90 Å². The maximum atomic E-state index is 12.7. The summed E-state index contributed by atoms with van der Waals surface area (Å²) in [5, 5.41) is 10.3. The number of hydrogen-bond donors (Lipinski definition) is 2. The van der Waals surface area contributed by atoms with Gasteiger partial charge in [-0.2, -0.15) is 0 Å². The number of nitrogens with one attached hydrogen (secondary N) is 1. The van der Waals surface area contributed by atoms with E-state index in [-0.39, 0.29) is 12.5 Å². The fraction of sp³-hybridized carbons (Fsp3) is 0.438. The summed E-state index contributed by atoms with van der Waals surface area (Å²) >= 11 is 0. The van der Waals surface area contributed by atoms with Crippen molar-refractivity contribution in [1.82, 2.24) is 9.88 Å². The van der Waals surface area contributed by atoms with E-state index in [2.05, 4.69) is 18.0 Å². The Hall–Kier alpha value is -1.81. The van der Waals surface area contributed by atoms with Gasteiger partial charge in [-0.15, -0.1) is 0 Å². The molecule has 3 rings (SSSR count). The zero-order valence-corrected chi connectivity index (χ0v) is 11.9. The lowest BCUT2D eigenvalue weighted by atomic mass is 10.1. The molecule has 0 bridgehead atoms. The van der Waals surface area contributed by atoms with Crippen LogP contribution >= 0.6 is 0 Å². The molecule has 2 N–H and O–H groups in total. The summed E-state index contributed by atoms with van der Waals surface area (Å²) in [7, 11) is 0. The molecule has 0 atom stereocenters. The van der Waals surface area contributed by atoms with Gasteiger partial charge in [-0.25, -0.2) is 0 Å². The number of amides is 1. The minimum atomic E-state index is 0.00732. The number of H-pyrrole nitrogens is 1. The number of rotatable bonds is 4. The Morgan fingerprint density at radius 2 is 2.15 bits per heavy atom. The average Bonchev–Trinajstić information content (AvgIpc) is 3.22. The van der Waals surface area contributed by atoms with Gasteiger partial charge >= 0.3 is 0 Å². The molecule has 1 aliphatic carbocycles. The third kappa shape index (κ3) is 2.20. The Morgan fingerprint density at radius 1 is 1.40 bits per heavy atom. The minimum Gasteiger partial charge on any atom is -0.395 e. The van der Waals surface area contributed by atoms with E-state index in [0.717, 1.165) is 29.3 Å². The van der Waals surface area contributed by atoms with Gasteiger partial charge in [0.2, 0.25) is 0 Å². The van der Waals surface area contributed by atoms with Crippen LogP contribution in [0, 0.1) is 13.8 Å². The number of nitrogens with zero attached hydrogens (tertiary/aromatic N) is 1. The zero-order chi connectivity index (χ0) is 14.3.